The Hall–Kier alpha value is -0.820. The molecule has 0 aromatic heterocycles. The summed E-state index contributed by atoms with van der Waals surface area (Å²) in [7, 11) is 0.198. The van der Waals surface area contributed by atoms with Gasteiger partial charge in [-0.1, -0.05) is 0 Å². The molecule has 0 atom stereocenters. The summed E-state index contributed by atoms with van der Waals surface area (Å²) in [5, 5.41) is 0. The number of benzene rings is 1. The van der Waals surface area contributed by atoms with Crippen molar-refractivity contribution in [1.82, 2.24) is 9.21 Å². The van der Waals surface area contributed by atoms with Gasteiger partial charge < -0.3 is 22.0 Å². The predicted octanol–water partition coefficient (Wildman–Crippen LogP) is -1.97. The van der Waals surface area contributed by atoms with Crippen LogP contribution in [0.1, 0.15) is 6.42 Å². The fraction of sp³-hybridized carbons (Fsp3) is 0.538. The quantitative estimate of drug-likeness (QED) is 0.648. The molecule has 114 valence electrons. The number of sulfonamides is 1. The second kappa shape index (κ2) is 7.26. The summed E-state index contributed by atoms with van der Waals surface area (Å²) in [6.07, 6.45) is 0.867. The first-order valence-electron chi connectivity index (χ1n) is 6.37. The molecule has 2 rings (SSSR count). The Kier molecular flexibility index (Phi) is 6.26. The van der Waals surface area contributed by atoms with E-state index in [-0.39, 0.29) is 12.4 Å². The highest BCUT2D eigenvalue weighted by Gasteiger charge is 2.25. The van der Waals surface area contributed by atoms with Crippen LogP contribution >= 0.6 is 0 Å². The maximum atomic E-state index is 12.5. The minimum absolute atomic E-state index is 0. The minimum Gasteiger partial charge on any atom is -1.00 e. The molecule has 0 spiro atoms. The summed E-state index contributed by atoms with van der Waals surface area (Å²) in [5.41, 5.74) is 0. The Bertz CT molecular complexity index is 519. The standard InChI is InChI=1S/C13H20N2O3S.ClH/c1-14-8-3-9-15(11-10-14)19(16,17)13-6-4-12(18-2)5-7-13;/h4-7H,3,8-11H2,1-2H3;1H/p-1. The van der Waals surface area contributed by atoms with Gasteiger partial charge in [0.1, 0.15) is 5.75 Å². The minimum atomic E-state index is -3.38. The summed E-state index contributed by atoms with van der Waals surface area (Å²) >= 11 is 0. The molecule has 1 saturated heterocycles. The first-order valence-corrected chi connectivity index (χ1v) is 7.81. The van der Waals surface area contributed by atoms with E-state index in [4.69, 9.17) is 4.74 Å². The lowest BCUT2D eigenvalue weighted by Gasteiger charge is -2.20. The van der Waals surface area contributed by atoms with Gasteiger partial charge in [0.2, 0.25) is 10.0 Å². The monoisotopic (exact) mass is 319 g/mol. The van der Waals surface area contributed by atoms with Crippen molar-refractivity contribution in [2.75, 3.05) is 40.3 Å². The van der Waals surface area contributed by atoms with Gasteiger partial charge in [-0.2, -0.15) is 4.31 Å². The van der Waals surface area contributed by atoms with E-state index < -0.39 is 10.0 Å². The van der Waals surface area contributed by atoms with Gasteiger partial charge >= 0.3 is 0 Å². The Labute approximate surface area is 127 Å². The van der Waals surface area contributed by atoms with Crippen molar-refractivity contribution >= 4 is 10.0 Å². The Morgan fingerprint density at radius 3 is 2.30 bits per heavy atom. The molecule has 7 heteroatoms. The van der Waals surface area contributed by atoms with Gasteiger partial charge in [0.15, 0.2) is 0 Å². The molecule has 0 N–H and O–H groups in total. The third-order valence-corrected chi connectivity index (χ3v) is 5.29. The molecule has 0 saturated carbocycles. The van der Waals surface area contributed by atoms with Crippen molar-refractivity contribution in [2.24, 2.45) is 0 Å². The summed E-state index contributed by atoms with van der Waals surface area (Å²) in [6.45, 7) is 2.84. The molecule has 0 aliphatic carbocycles. The topological polar surface area (TPSA) is 49.9 Å². The summed E-state index contributed by atoms with van der Waals surface area (Å²) in [4.78, 5) is 2.49. The lowest BCUT2D eigenvalue weighted by molar-refractivity contribution is -0.00000688. The SMILES string of the molecule is COc1ccc(S(=O)(=O)N2CCCN(C)CC2)cc1.[Cl-]. The zero-order chi connectivity index (χ0) is 13.9. The maximum Gasteiger partial charge on any atom is 0.243 e. The third-order valence-electron chi connectivity index (χ3n) is 3.38. The Morgan fingerprint density at radius 1 is 1.05 bits per heavy atom. The van der Waals surface area contributed by atoms with Crippen molar-refractivity contribution in [1.29, 1.82) is 0 Å². The van der Waals surface area contributed by atoms with Crippen LogP contribution in [0.25, 0.3) is 0 Å². The number of nitrogens with zero attached hydrogens (tertiary/aromatic N) is 2. The van der Waals surface area contributed by atoms with E-state index in [9.17, 15) is 8.42 Å². The molecule has 1 aromatic carbocycles. The molecule has 1 aliphatic rings. The van der Waals surface area contributed by atoms with Crippen molar-refractivity contribution in [2.45, 2.75) is 11.3 Å². The van der Waals surface area contributed by atoms with Gasteiger partial charge in [0.25, 0.3) is 0 Å². The zero-order valence-corrected chi connectivity index (χ0v) is 13.3. The number of ether oxygens (including phenoxy) is 1. The number of rotatable bonds is 3. The van der Waals surface area contributed by atoms with Gasteiger partial charge in [-0.3, -0.25) is 0 Å². The molecule has 1 fully saturated rings. The second-order valence-electron chi connectivity index (χ2n) is 4.74. The number of hydrogen-bond donors (Lipinski definition) is 0. The smallest absolute Gasteiger partial charge is 0.243 e. The van der Waals surface area contributed by atoms with Crippen LogP contribution in [0.15, 0.2) is 29.2 Å². The predicted molar refractivity (Wildman–Crippen MR) is 73.9 cm³/mol. The van der Waals surface area contributed by atoms with E-state index >= 15 is 0 Å². The van der Waals surface area contributed by atoms with Gasteiger partial charge in [-0.25, -0.2) is 8.42 Å². The molecule has 1 aromatic rings. The zero-order valence-electron chi connectivity index (χ0n) is 11.8. The third kappa shape index (κ3) is 3.85. The molecule has 0 unspecified atom stereocenters. The van der Waals surface area contributed by atoms with E-state index in [1.807, 2.05) is 7.05 Å². The highest BCUT2D eigenvalue weighted by molar-refractivity contribution is 7.89. The van der Waals surface area contributed by atoms with Crippen molar-refractivity contribution in [3.8, 4) is 5.75 Å². The van der Waals surface area contributed by atoms with E-state index in [0.717, 1.165) is 19.5 Å². The molecular weight excluding hydrogens is 300 g/mol. The van der Waals surface area contributed by atoms with E-state index in [0.29, 0.717) is 23.7 Å². The fourth-order valence-corrected chi connectivity index (χ4v) is 3.63. The molecular formula is C13H20ClN2O3S-. The largest absolute Gasteiger partial charge is 1.00 e. The normalized spacial score (nSPS) is 18.1. The molecule has 20 heavy (non-hydrogen) atoms. The van der Waals surface area contributed by atoms with Crippen LogP contribution in [0.3, 0.4) is 0 Å². The Morgan fingerprint density at radius 2 is 1.70 bits per heavy atom. The molecule has 0 bridgehead atoms. The molecule has 1 heterocycles. The Balaban J connectivity index is 0.00000200. The van der Waals surface area contributed by atoms with Crippen molar-refractivity contribution < 1.29 is 25.6 Å². The van der Waals surface area contributed by atoms with E-state index in [2.05, 4.69) is 4.90 Å². The maximum absolute atomic E-state index is 12.5. The number of methoxy groups -OCH3 is 1. The van der Waals surface area contributed by atoms with Crippen LogP contribution in [0.2, 0.25) is 0 Å². The second-order valence-corrected chi connectivity index (χ2v) is 6.67. The highest BCUT2D eigenvalue weighted by atomic mass is 35.5. The van der Waals surface area contributed by atoms with E-state index in [1.165, 1.54) is 0 Å². The number of likely N-dealkylation sites (N-methyl/N-ethyl adjacent to an activating group) is 1. The van der Waals surface area contributed by atoms with Crippen LogP contribution in [0, 0.1) is 0 Å². The lowest BCUT2D eigenvalue weighted by atomic mass is 10.3. The molecule has 1 aliphatic heterocycles. The highest BCUT2D eigenvalue weighted by Crippen LogP contribution is 2.20. The van der Waals surface area contributed by atoms with Gasteiger partial charge in [0, 0.05) is 19.6 Å². The van der Waals surface area contributed by atoms with Crippen LogP contribution in [-0.2, 0) is 10.0 Å². The number of hydrogen-bond acceptors (Lipinski definition) is 4. The first-order chi connectivity index (χ1) is 9.04. The van der Waals surface area contributed by atoms with Crippen LogP contribution in [0.5, 0.6) is 5.75 Å². The van der Waals surface area contributed by atoms with Crippen molar-refractivity contribution in [3.63, 3.8) is 0 Å². The number of halogens is 1. The fourth-order valence-electron chi connectivity index (χ4n) is 2.16. The van der Waals surface area contributed by atoms with Crippen LogP contribution in [0.4, 0.5) is 0 Å². The lowest BCUT2D eigenvalue weighted by Crippen LogP contribution is -3.00. The average Bonchev–Trinajstić information content (AvgIpc) is 2.64. The van der Waals surface area contributed by atoms with Gasteiger partial charge in [-0.15, -0.1) is 0 Å². The summed E-state index contributed by atoms with van der Waals surface area (Å²) in [5.74, 6) is 0.662. The molecule has 0 amide bonds. The first kappa shape index (κ1) is 17.2. The summed E-state index contributed by atoms with van der Waals surface area (Å²) in [6, 6.07) is 6.55. The van der Waals surface area contributed by atoms with Crippen LogP contribution in [-0.4, -0.2) is 58.0 Å². The van der Waals surface area contributed by atoms with Gasteiger partial charge in [0.05, 0.1) is 12.0 Å². The summed E-state index contributed by atoms with van der Waals surface area (Å²) < 4.78 is 31.6. The molecule has 5 nitrogen and oxygen atoms in total. The van der Waals surface area contributed by atoms with Crippen molar-refractivity contribution in [3.05, 3.63) is 24.3 Å². The van der Waals surface area contributed by atoms with E-state index in [1.54, 1.807) is 35.7 Å². The van der Waals surface area contributed by atoms with Gasteiger partial charge in [-0.05, 0) is 44.3 Å². The average molecular weight is 320 g/mol. The molecule has 0 radical (unpaired) electrons. The van der Waals surface area contributed by atoms with Crippen LogP contribution < -0.4 is 17.1 Å².